The molecule has 0 heterocycles. The number of carbonyl (C=O) groups excluding carboxylic acids is 1. The number of carbonyl (C=O) groups is 1. The first kappa shape index (κ1) is 9.13. The Morgan fingerprint density at radius 3 is 1.88 bits per heavy atom. The van der Waals surface area contributed by atoms with Crippen LogP contribution in [0.1, 0.15) is 6.92 Å². The van der Waals surface area contributed by atoms with Crippen LogP contribution in [0.5, 0.6) is 0 Å². The summed E-state index contributed by atoms with van der Waals surface area (Å²) in [4.78, 5) is 10.2. The van der Waals surface area contributed by atoms with Gasteiger partial charge in [0.15, 0.2) is 0 Å². The van der Waals surface area contributed by atoms with Gasteiger partial charge in [-0.25, -0.2) is 0 Å². The van der Waals surface area contributed by atoms with Gasteiger partial charge in [-0.3, -0.25) is 4.79 Å². The quantitative estimate of drug-likeness (QED) is 0.545. The van der Waals surface area contributed by atoms with Gasteiger partial charge in [0.1, 0.15) is 0 Å². The summed E-state index contributed by atoms with van der Waals surface area (Å²) in [5.74, 6) is -0.303. The zero-order chi connectivity index (χ0) is 6.78. The Hall–Kier alpha value is 1.13. The van der Waals surface area contributed by atoms with Gasteiger partial charge in [-0.2, -0.15) is 0 Å². The Bertz CT molecular complexity index is 97.9. The average Bonchev–Trinajstić information content (AvgIpc) is 1.21. The molecule has 0 atom stereocenters. The van der Waals surface area contributed by atoms with E-state index in [1.807, 2.05) is 0 Å². The van der Waals surface area contributed by atoms with Gasteiger partial charge in [0.05, 0.1) is 0 Å². The summed E-state index contributed by atoms with van der Waals surface area (Å²) in [5, 5.41) is 0. The van der Waals surface area contributed by atoms with Crippen molar-refractivity contribution >= 4 is 56.0 Å². The van der Waals surface area contributed by atoms with Crippen molar-refractivity contribution in [1.82, 2.24) is 0 Å². The minimum atomic E-state index is -2.13. The average molecular weight is 327 g/mol. The minimum absolute atomic E-state index is 0.303. The molecular formula is C2H3Br3O2Si. The van der Waals surface area contributed by atoms with Crippen LogP contribution in [-0.2, 0) is 9.22 Å². The summed E-state index contributed by atoms with van der Waals surface area (Å²) < 4.78 is 2.56. The van der Waals surface area contributed by atoms with Crippen LogP contribution in [0.25, 0.3) is 0 Å². The summed E-state index contributed by atoms with van der Waals surface area (Å²) in [6.45, 7) is 1.35. The second-order valence-corrected chi connectivity index (χ2v) is 21.8. The Morgan fingerprint density at radius 1 is 1.50 bits per heavy atom. The second-order valence-electron chi connectivity index (χ2n) is 1.04. The molecule has 0 fully saturated rings. The molecule has 0 saturated carbocycles. The molecule has 2 nitrogen and oxygen atoms in total. The zero-order valence-corrected chi connectivity index (χ0v) is 9.71. The van der Waals surface area contributed by atoms with Crippen LogP contribution in [0.2, 0.25) is 0 Å². The van der Waals surface area contributed by atoms with Crippen molar-refractivity contribution in [2.75, 3.05) is 0 Å². The highest BCUT2D eigenvalue weighted by atomic mass is 80.0. The lowest BCUT2D eigenvalue weighted by Crippen LogP contribution is -2.16. The smallest absolute Gasteiger partial charge is 0.469 e. The van der Waals surface area contributed by atoms with Gasteiger partial charge in [0.25, 0.3) is 5.97 Å². The Morgan fingerprint density at radius 2 is 1.88 bits per heavy atom. The summed E-state index contributed by atoms with van der Waals surface area (Å²) >= 11 is 9.32. The Kier molecular flexibility index (Phi) is 3.80. The molecule has 0 aromatic heterocycles. The van der Waals surface area contributed by atoms with E-state index in [1.165, 1.54) is 6.92 Å². The highest BCUT2D eigenvalue weighted by Crippen LogP contribution is 2.28. The van der Waals surface area contributed by atoms with Gasteiger partial charge in [-0.05, 0) is 0 Å². The van der Waals surface area contributed by atoms with Crippen molar-refractivity contribution in [3.8, 4) is 0 Å². The zero-order valence-electron chi connectivity index (χ0n) is 3.95. The third-order valence-corrected chi connectivity index (χ3v) is 2.24. The molecule has 0 N–H and O–H groups in total. The van der Waals surface area contributed by atoms with Gasteiger partial charge >= 0.3 is 4.18 Å². The number of rotatable bonds is 1. The summed E-state index contributed by atoms with van der Waals surface area (Å²) in [6, 6.07) is 0. The molecule has 0 aliphatic rings. The van der Waals surface area contributed by atoms with Crippen molar-refractivity contribution in [2.24, 2.45) is 0 Å². The second kappa shape index (κ2) is 3.33. The first-order valence-electron chi connectivity index (χ1n) is 1.68. The number of halogens is 3. The van der Waals surface area contributed by atoms with Crippen molar-refractivity contribution in [1.29, 1.82) is 0 Å². The normalized spacial score (nSPS) is 11.0. The standard InChI is InChI=1S/C2H3Br3O2Si/c1-2(6)7-8(3,4)5/h1H3. The molecule has 0 saturated heterocycles. The molecule has 0 aliphatic heterocycles. The van der Waals surface area contributed by atoms with Crippen molar-refractivity contribution in [2.45, 2.75) is 6.92 Å². The van der Waals surface area contributed by atoms with Crippen molar-refractivity contribution < 1.29 is 9.22 Å². The van der Waals surface area contributed by atoms with Gasteiger partial charge in [-0.1, -0.05) is 45.9 Å². The predicted molar refractivity (Wildman–Crippen MR) is 44.3 cm³/mol. The van der Waals surface area contributed by atoms with Crippen molar-refractivity contribution in [3.63, 3.8) is 0 Å². The van der Waals surface area contributed by atoms with Crippen molar-refractivity contribution in [3.05, 3.63) is 0 Å². The van der Waals surface area contributed by atoms with Gasteiger partial charge in [-0.15, -0.1) is 0 Å². The fourth-order valence-corrected chi connectivity index (χ4v) is 2.54. The largest absolute Gasteiger partial charge is 0.490 e. The van der Waals surface area contributed by atoms with Crippen LogP contribution in [-0.4, -0.2) is 10.1 Å². The van der Waals surface area contributed by atoms with E-state index in [1.54, 1.807) is 0 Å². The van der Waals surface area contributed by atoms with Gasteiger partial charge in [0.2, 0.25) is 0 Å². The summed E-state index contributed by atoms with van der Waals surface area (Å²) in [7, 11) is 0. The Labute approximate surface area is 71.8 Å². The van der Waals surface area contributed by atoms with E-state index >= 15 is 0 Å². The first-order chi connectivity index (χ1) is 3.42. The van der Waals surface area contributed by atoms with E-state index < -0.39 is 4.18 Å². The van der Waals surface area contributed by atoms with Crippen LogP contribution in [0, 0.1) is 0 Å². The van der Waals surface area contributed by atoms with E-state index in [2.05, 4.69) is 50.3 Å². The SMILES string of the molecule is CC(=O)O[Si](Br)(Br)Br. The molecular weight excluding hydrogens is 324 g/mol. The van der Waals surface area contributed by atoms with Crippen LogP contribution in [0.15, 0.2) is 0 Å². The molecule has 0 bridgehead atoms. The number of hydrogen-bond donors (Lipinski definition) is 0. The van der Waals surface area contributed by atoms with E-state index in [-0.39, 0.29) is 5.97 Å². The van der Waals surface area contributed by atoms with Gasteiger partial charge in [0, 0.05) is 6.92 Å². The lowest BCUT2D eigenvalue weighted by Gasteiger charge is -2.07. The monoisotopic (exact) mass is 324 g/mol. The van der Waals surface area contributed by atoms with Gasteiger partial charge < -0.3 is 4.43 Å². The highest BCUT2D eigenvalue weighted by Gasteiger charge is 2.27. The molecule has 0 aliphatic carbocycles. The maximum absolute atomic E-state index is 10.2. The first-order valence-corrected chi connectivity index (χ1v) is 10.4. The number of hydrogen-bond acceptors (Lipinski definition) is 2. The third-order valence-electron chi connectivity index (χ3n) is 0.259. The Balaban J connectivity index is 3.55. The minimum Gasteiger partial charge on any atom is -0.490 e. The molecule has 0 amide bonds. The maximum atomic E-state index is 10.2. The fourth-order valence-electron chi connectivity index (χ4n) is 0.163. The molecule has 0 aromatic carbocycles. The lowest BCUT2D eigenvalue weighted by atomic mass is 10.9. The molecule has 48 valence electrons. The summed E-state index contributed by atoms with van der Waals surface area (Å²) in [5.41, 5.74) is 0. The van der Waals surface area contributed by atoms with E-state index in [4.69, 9.17) is 0 Å². The van der Waals surface area contributed by atoms with E-state index in [9.17, 15) is 4.79 Å². The molecule has 0 unspecified atom stereocenters. The van der Waals surface area contributed by atoms with Crippen LogP contribution in [0.4, 0.5) is 0 Å². The molecule has 0 aromatic rings. The molecule has 6 heteroatoms. The molecule has 8 heavy (non-hydrogen) atoms. The van der Waals surface area contributed by atoms with E-state index in [0.717, 1.165) is 0 Å². The predicted octanol–water partition coefficient (Wildman–Crippen LogP) is 2.17. The third kappa shape index (κ3) is 7.13. The molecule has 0 rings (SSSR count). The van der Waals surface area contributed by atoms with Crippen LogP contribution >= 0.6 is 45.9 Å². The topological polar surface area (TPSA) is 26.3 Å². The maximum Gasteiger partial charge on any atom is 0.469 e. The fraction of sp³-hybridized carbons (Fsp3) is 0.500. The van der Waals surface area contributed by atoms with Crippen LogP contribution in [0.3, 0.4) is 0 Å². The molecule has 0 radical (unpaired) electrons. The van der Waals surface area contributed by atoms with E-state index in [0.29, 0.717) is 0 Å². The molecule has 0 spiro atoms. The lowest BCUT2D eigenvalue weighted by molar-refractivity contribution is -0.131. The van der Waals surface area contributed by atoms with Crippen LogP contribution < -0.4 is 0 Å². The highest BCUT2D eigenvalue weighted by molar-refractivity contribution is 9.71. The summed E-state index contributed by atoms with van der Waals surface area (Å²) in [6.07, 6.45) is 0.